The third kappa shape index (κ3) is 3.78. The minimum Gasteiger partial charge on any atom is -0.377 e. The number of hydrogen-bond acceptors (Lipinski definition) is 3. The molecule has 0 aliphatic rings. The van der Waals surface area contributed by atoms with Crippen molar-refractivity contribution in [2.75, 3.05) is 6.61 Å². The van der Waals surface area contributed by atoms with Crippen LogP contribution < -0.4 is 11.3 Å². The van der Waals surface area contributed by atoms with Crippen molar-refractivity contribution < 1.29 is 4.74 Å². The maximum atomic E-state index is 5.80. The Kier molecular flexibility index (Phi) is 6.49. The summed E-state index contributed by atoms with van der Waals surface area (Å²) in [4.78, 5) is 0. The molecule has 0 aromatic heterocycles. The van der Waals surface area contributed by atoms with Crippen LogP contribution in [0.25, 0.3) is 0 Å². The first-order valence-corrected chi connectivity index (χ1v) is 7.24. The van der Waals surface area contributed by atoms with Crippen molar-refractivity contribution in [3.8, 4) is 0 Å². The van der Waals surface area contributed by atoms with Crippen LogP contribution in [-0.4, -0.2) is 18.8 Å². The predicted molar refractivity (Wildman–Crippen MR) is 80.9 cm³/mol. The highest BCUT2D eigenvalue weighted by molar-refractivity contribution is 5.27. The van der Waals surface area contributed by atoms with E-state index < -0.39 is 0 Å². The minimum absolute atomic E-state index is 0.0188. The van der Waals surface area contributed by atoms with Crippen LogP contribution >= 0.6 is 0 Å². The molecule has 19 heavy (non-hydrogen) atoms. The van der Waals surface area contributed by atoms with Gasteiger partial charge >= 0.3 is 0 Å². The number of nitrogens with one attached hydrogen (secondary N) is 1. The van der Waals surface area contributed by atoms with E-state index in [-0.39, 0.29) is 17.6 Å². The molecule has 1 aromatic rings. The van der Waals surface area contributed by atoms with Crippen molar-refractivity contribution in [1.82, 2.24) is 5.43 Å². The quantitative estimate of drug-likeness (QED) is 0.560. The summed E-state index contributed by atoms with van der Waals surface area (Å²) in [5.74, 6) is 5.80. The van der Waals surface area contributed by atoms with Crippen molar-refractivity contribution >= 4 is 0 Å². The molecule has 0 spiro atoms. The predicted octanol–water partition coefficient (Wildman–Crippen LogP) is 3.00. The molecule has 0 fully saturated rings. The topological polar surface area (TPSA) is 47.3 Å². The van der Waals surface area contributed by atoms with Crippen LogP contribution in [-0.2, 0) is 10.2 Å². The Morgan fingerprint density at radius 1 is 1.16 bits per heavy atom. The number of benzene rings is 1. The Hall–Kier alpha value is -0.900. The smallest absolute Gasteiger partial charge is 0.0645 e. The van der Waals surface area contributed by atoms with Gasteiger partial charge in [-0.05, 0) is 32.3 Å². The fraction of sp³-hybridized carbons (Fsp3) is 0.625. The van der Waals surface area contributed by atoms with Gasteiger partial charge in [0.15, 0.2) is 0 Å². The van der Waals surface area contributed by atoms with Gasteiger partial charge in [0.25, 0.3) is 0 Å². The van der Waals surface area contributed by atoms with Gasteiger partial charge in [-0.15, -0.1) is 0 Å². The average molecular weight is 264 g/mol. The first-order chi connectivity index (χ1) is 9.10. The summed E-state index contributed by atoms with van der Waals surface area (Å²) in [6.45, 7) is 9.17. The summed E-state index contributed by atoms with van der Waals surface area (Å²) in [7, 11) is 0. The van der Waals surface area contributed by atoms with Gasteiger partial charge < -0.3 is 4.74 Å². The molecule has 3 heteroatoms. The van der Waals surface area contributed by atoms with Crippen LogP contribution in [0, 0.1) is 0 Å². The maximum Gasteiger partial charge on any atom is 0.0645 e. The van der Waals surface area contributed by atoms with Crippen molar-refractivity contribution in [3.63, 3.8) is 0 Å². The van der Waals surface area contributed by atoms with E-state index in [0.29, 0.717) is 6.61 Å². The minimum atomic E-state index is 0.0188. The van der Waals surface area contributed by atoms with Gasteiger partial charge in [-0.1, -0.05) is 44.2 Å². The van der Waals surface area contributed by atoms with Gasteiger partial charge in [-0.2, -0.15) is 0 Å². The van der Waals surface area contributed by atoms with Crippen LogP contribution in [0.4, 0.5) is 0 Å². The summed E-state index contributed by atoms with van der Waals surface area (Å²) in [5.41, 5.74) is 4.32. The van der Waals surface area contributed by atoms with Crippen LogP contribution in [0.1, 0.15) is 46.1 Å². The Morgan fingerprint density at radius 2 is 1.74 bits per heavy atom. The number of rotatable bonds is 8. The van der Waals surface area contributed by atoms with Gasteiger partial charge in [0.05, 0.1) is 18.8 Å². The van der Waals surface area contributed by atoms with E-state index in [0.717, 1.165) is 12.8 Å². The van der Waals surface area contributed by atoms with Crippen molar-refractivity contribution in [1.29, 1.82) is 0 Å². The summed E-state index contributed by atoms with van der Waals surface area (Å²) in [6.07, 6.45) is 2.28. The highest BCUT2D eigenvalue weighted by Gasteiger charge is 2.37. The lowest BCUT2D eigenvalue weighted by molar-refractivity contribution is 0.0392. The SMILES string of the molecule is CCC(CC)(c1ccccc1)C(COC(C)C)NN. The zero-order valence-corrected chi connectivity index (χ0v) is 12.6. The lowest BCUT2D eigenvalue weighted by Crippen LogP contribution is -2.53. The summed E-state index contributed by atoms with van der Waals surface area (Å²) in [5, 5.41) is 0. The van der Waals surface area contributed by atoms with Gasteiger partial charge in [0.1, 0.15) is 0 Å². The Balaban J connectivity index is 3.02. The van der Waals surface area contributed by atoms with E-state index in [2.05, 4.69) is 63.5 Å². The first-order valence-electron chi connectivity index (χ1n) is 7.24. The molecule has 0 aliphatic carbocycles. The fourth-order valence-corrected chi connectivity index (χ4v) is 2.78. The zero-order chi connectivity index (χ0) is 14.3. The first kappa shape index (κ1) is 16.2. The molecule has 0 amide bonds. The molecule has 3 N–H and O–H groups in total. The second kappa shape index (κ2) is 7.63. The van der Waals surface area contributed by atoms with E-state index >= 15 is 0 Å². The molecule has 1 atom stereocenters. The second-order valence-electron chi connectivity index (χ2n) is 5.33. The second-order valence-corrected chi connectivity index (χ2v) is 5.33. The highest BCUT2D eigenvalue weighted by Crippen LogP contribution is 2.35. The molecule has 0 saturated carbocycles. The van der Waals surface area contributed by atoms with Crippen molar-refractivity contribution in [3.05, 3.63) is 35.9 Å². The molecule has 1 aromatic carbocycles. The van der Waals surface area contributed by atoms with E-state index in [1.54, 1.807) is 0 Å². The van der Waals surface area contributed by atoms with Gasteiger partial charge in [0.2, 0.25) is 0 Å². The third-order valence-corrected chi connectivity index (χ3v) is 4.07. The molecule has 1 rings (SSSR count). The molecule has 0 heterocycles. The largest absolute Gasteiger partial charge is 0.377 e. The molecule has 3 nitrogen and oxygen atoms in total. The van der Waals surface area contributed by atoms with E-state index in [4.69, 9.17) is 10.6 Å². The van der Waals surface area contributed by atoms with Crippen molar-refractivity contribution in [2.24, 2.45) is 5.84 Å². The average Bonchev–Trinajstić information content (AvgIpc) is 2.44. The van der Waals surface area contributed by atoms with E-state index in [9.17, 15) is 0 Å². The molecule has 108 valence electrons. The van der Waals surface area contributed by atoms with Gasteiger partial charge in [0, 0.05) is 5.41 Å². The number of hydrogen-bond donors (Lipinski definition) is 2. The Labute approximate surface area is 117 Å². The van der Waals surface area contributed by atoms with Gasteiger partial charge in [-0.3, -0.25) is 11.3 Å². The van der Waals surface area contributed by atoms with E-state index in [1.165, 1.54) is 5.56 Å². The van der Waals surface area contributed by atoms with Crippen molar-refractivity contribution in [2.45, 2.75) is 58.1 Å². The Bertz CT molecular complexity index is 347. The number of ether oxygens (including phenoxy) is 1. The van der Waals surface area contributed by atoms with Gasteiger partial charge in [-0.25, -0.2) is 0 Å². The summed E-state index contributed by atoms with van der Waals surface area (Å²) in [6, 6.07) is 10.7. The molecular weight excluding hydrogens is 236 g/mol. The molecule has 0 radical (unpaired) electrons. The molecule has 1 unspecified atom stereocenters. The Morgan fingerprint density at radius 3 is 2.16 bits per heavy atom. The molecule has 0 aliphatic heterocycles. The fourth-order valence-electron chi connectivity index (χ4n) is 2.78. The zero-order valence-electron chi connectivity index (χ0n) is 12.6. The lowest BCUT2D eigenvalue weighted by atomic mass is 9.70. The number of nitrogens with two attached hydrogens (primary N) is 1. The van der Waals surface area contributed by atoms with E-state index in [1.807, 2.05) is 0 Å². The molecule has 0 saturated heterocycles. The monoisotopic (exact) mass is 264 g/mol. The number of hydrazine groups is 1. The summed E-state index contributed by atoms with van der Waals surface area (Å²) < 4.78 is 5.78. The molecular formula is C16H28N2O. The highest BCUT2D eigenvalue weighted by atomic mass is 16.5. The van der Waals surface area contributed by atoms with Crippen LogP contribution in [0.2, 0.25) is 0 Å². The van der Waals surface area contributed by atoms with Crippen LogP contribution in [0.3, 0.4) is 0 Å². The van der Waals surface area contributed by atoms with Crippen LogP contribution in [0.5, 0.6) is 0 Å². The normalized spacial score (nSPS) is 13.8. The molecule has 0 bridgehead atoms. The summed E-state index contributed by atoms with van der Waals surface area (Å²) >= 11 is 0. The van der Waals surface area contributed by atoms with Crippen LogP contribution in [0.15, 0.2) is 30.3 Å². The standard InChI is InChI=1S/C16H28N2O/c1-5-16(6-2,14-10-8-7-9-11-14)15(18-17)12-19-13(3)4/h7-11,13,15,18H,5-6,12,17H2,1-4H3. The lowest BCUT2D eigenvalue weighted by Gasteiger charge is -2.40. The maximum absolute atomic E-state index is 5.80. The third-order valence-electron chi connectivity index (χ3n) is 4.07.